The number of anilines is 1. The zero-order valence-electron chi connectivity index (χ0n) is 16.0. The van der Waals surface area contributed by atoms with Gasteiger partial charge in [0.2, 0.25) is 0 Å². The van der Waals surface area contributed by atoms with Gasteiger partial charge in [0.1, 0.15) is 0 Å². The molecule has 2 amide bonds. The molecule has 3 aromatic rings. The number of carbonyl (C=O) groups excluding carboxylic acids is 2. The molecule has 0 radical (unpaired) electrons. The average molecular weight is 406 g/mol. The van der Waals surface area contributed by atoms with E-state index in [9.17, 15) is 9.59 Å². The molecule has 0 aliphatic carbocycles. The van der Waals surface area contributed by atoms with Crippen LogP contribution in [0, 0.1) is 0 Å². The molecule has 1 atom stereocenters. The molecule has 1 aromatic heterocycles. The average Bonchev–Trinajstić information content (AvgIpc) is 3.45. The van der Waals surface area contributed by atoms with Crippen molar-refractivity contribution < 1.29 is 9.59 Å². The number of para-hydroxylation sites is 1. The van der Waals surface area contributed by atoms with E-state index in [2.05, 4.69) is 10.6 Å². The van der Waals surface area contributed by atoms with Crippen LogP contribution >= 0.6 is 11.3 Å². The van der Waals surface area contributed by atoms with Crippen LogP contribution in [0.4, 0.5) is 5.69 Å². The largest absolute Gasteiger partial charge is 0.380 e. The van der Waals surface area contributed by atoms with E-state index in [0.29, 0.717) is 23.5 Å². The lowest BCUT2D eigenvalue weighted by atomic mass is 10.1. The van der Waals surface area contributed by atoms with E-state index in [4.69, 9.17) is 0 Å². The summed E-state index contributed by atoms with van der Waals surface area (Å²) in [5.41, 5.74) is 2.73. The van der Waals surface area contributed by atoms with Crippen LogP contribution in [-0.4, -0.2) is 35.8 Å². The summed E-state index contributed by atoms with van der Waals surface area (Å²) in [5, 5.41) is 8.28. The van der Waals surface area contributed by atoms with E-state index >= 15 is 0 Å². The maximum atomic E-state index is 12.8. The first kappa shape index (κ1) is 19.2. The maximum absolute atomic E-state index is 12.8. The van der Waals surface area contributed by atoms with E-state index in [1.54, 1.807) is 6.07 Å². The van der Waals surface area contributed by atoms with E-state index in [0.717, 1.165) is 24.2 Å². The molecule has 1 saturated heterocycles. The Morgan fingerprint density at radius 1 is 1.00 bits per heavy atom. The first-order chi connectivity index (χ1) is 14.2. The Hall–Kier alpha value is -3.12. The minimum atomic E-state index is -0.0748. The van der Waals surface area contributed by atoms with Crippen LogP contribution in [0.5, 0.6) is 0 Å². The lowest BCUT2D eigenvalue weighted by molar-refractivity contribution is 0.0791. The molecule has 6 heteroatoms. The number of amides is 2. The maximum Gasteiger partial charge on any atom is 0.261 e. The van der Waals surface area contributed by atoms with Gasteiger partial charge in [-0.2, -0.15) is 0 Å². The zero-order valence-corrected chi connectivity index (χ0v) is 16.8. The number of nitrogens with zero attached hydrogens (tertiary/aromatic N) is 1. The third kappa shape index (κ3) is 4.84. The monoisotopic (exact) mass is 405 g/mol. The van der Waals surface area contributed by atoms with Crippen LogP contribution in [-0.2, 0) is 6.54 Å². The van der Waals surface area contributed by atoms with Crippen molar-refractivity contribution >= 4 is 28.8 Å². The number of hydrogen-bond donors (Lipinski definition) is 2. The molecule has 2 aromatic carbocycles. The highest BCUT2D eigenvalue weighted by Crippen LogP contribution is 2.18. The van der Waals surface area contributed by atoms with Gasteiger partial charge in [-0.15, -0.1) is 11.3 Å². The molecule has 5 nitrogen and oxygen atoms in total. The third-order valence-corrected chi connectivity index (χ3v) is 5.89. The summed E-state index contributed by atoms with van der Waals surface area (Å²) in [6, 6.07) is 21.5. The first-order valence-electron chi connectivity index (χ1n) is 9.70. The third-order valence-electron chi connectivity index (χ3n) is 5.02. The summed E-state index contributed by atoms with van der Waals surface area (Å²) in [5.74, 6) is -0.0225. The minimum Gasteiger partial charge on any atom is -0.380 e. The Kier molecular flexibility index (Phi) is 5.91. The molecule has 0 bridgehead atoms. The molecule has 2 N–H and O–H groups in total. The summed E-state index contributed by atoms with van der Waals surface area (Å²) in [4.78, 5) is 27.4. The fourth-order valence-corrected chi connectivity index (χ4v) is 4.10. The lowest BCUT2D eigenvalue weighted by Gasteiger charge is -2.18. The fourth-order valence-electron chi connectivity index (χ4n) is 3.46. The molecule has 1 aliphatic heterocycles. The molecule has 29 heavy (non-hydrogen) atoms. The molecule has 4 rings (SSSR count). The number of nitrogens with one attached hydrogen (secondary N) is 2. The zero-order chi connectivity index (χ0) is 20.1. The quantitative estimate of drug-likeness (QED) is 0.652. The summed E-state index contributed by atoms with van der Waals surface area (Å²) < 4.78 is 0. The Morgan fingerprint density at radius 2 is 1.79 bits per heavy atom. The molecule has 1 unspecified atom stereocenters. The van der Waals surface area contributed by atoms with Gasteiger partial charge in [-0.3, -0.25) is 9.59 Å². The van der Waals surface area contributed by atoms with Crippen molar-refractivity contribution in [3.63, 3.8) is 0 Å². The predicted octanol–water partition coefficient (Wildman–Crippen LogP) is 4.00. The van der Waals surface area contributed by atoms with Crippen molar-refractivity contribution in [2.75, 3.05) is 18.4 Å². The van der Waals surface area contributed by atoms with E-state index in [1.165, 1.54) is 11.3 Å². The van der Waals surface area contributed by atoms with Crippen molar-refractivity contribution in [2.45, 2.75) is 19.0 Å². The molecular weight excluding hydrogens is 382 g/mol. The van der Waals surface area contributed by atoms with Gasteiger partial charge in [0.05, 0.1) is 4.88 Å². The molecule has 0 spiro atoms. The summed E-state index contributed by atoms with van der Waals surface area (Å²) in [6.45, 7) is 1.90. The van der Waals surface area contributed by atoms with Gasteiger partial charge in [-0.05, 0) is 47.7 Å². The highest BCUT2D eigenvalue weighted by atomic mass is 32.1. The number of benzene rings is 2. The molecule has 1 aliphatic rings. The van der Waals surface area contributed by atoms with Gasteiger partial charge in [0.15, 0.2) is 0 Å². The standard InChI is InChI=1S/C23H23N3O2S/c27-22(21-7-4-14-29-21)24-15-17-8-10-18(11-9-17)23(28)26-13-12-20(16-26)25-19-5-2-1-3-6-19/h1-11,14,20,25H,12-13,15-16H2,(H,24,27). The Balaban J connectivity index is 1.29. The summed E-state index contributed by atoms with van der Waals surface area (Å²) >= 11 is 1.42. The summed E-state index contributed by atoms with van der Waals surface area (Å²) in [7, 11) is 0. The van der Waals surface area contributed by atoms with Crippen LogP contribution < -0.4 is 10.6 Å². The van der Waals surface area contributed by atoms with Gasteiger partial charge < -0.3 is 15.5 Å². The van der Waals surface area contributed by atoms with Crippen LogP contribution in [0.2, 0.25) is 0 Å². The van der Waals surface area contributed by atoms with Crippen molar-refractivity contribution in [1.29, 1.82) is 0 Å². The fraction of sp³-hybridized carbons (Fsp3) is 0.217. The van der Waals surface area contributed by atoms with Crippen molar-refractivity contribution in [3.05, 3.63) is 88.1 Å². The van der Waals surface area contributed by atoms with Crippen molar-refractivity contribution in [1.82, 2.24) is 10.2 Å². The number of rotatable bonds is 6. The number of carbonyl (C=O) groups is 2. The SMILES string of the molecule is O=C(NCc1ccc(C(=O)N2CCC(Nc3ccccc3)C2)cc1)c1cccs1. The molecule has 148 valence electrons. The molecule has 2 heterocycles. The van der Waals surface area contributed by atoms with Gasteiger partial charge >= 0.3 is 0 Å². The van der Waals surface area contributed by atoms with Crippen LogP contribution in [0.1, 0.15) is 32.0 Å². The van der Waals surface area contributed by atoms with Crippen LogP contribution in [0.15, 0.2) is 72.1 Å². The van der Waals surface area contributed by atoms with Crippen LogP contribution in [0.25, 0.3) is 0 Å². The van der Waals surface area contributed by atoms with Gasteiger partial charge in [-0.25, -0.2) is 0 Å². The van der Waals surface area contributed by atoms with Gasteiger partial charge in [0.25, 0.3) is 11.8 Å². The first-order valence-corrected chi connectivity index (χ1v) is 10.6. The van der Waals surface area contributed by atoms with E-state index < -0.39 is 0 Å². The van der Waals surface area contributed by atoms with Crippen molar-refractivity contribution in [3.8, 4) is 0 Å². The topological polar surface area (TPSA) is 61.4 Å². The second kappa shape index (κ2) is 8.92. The second-order valence-electron chi connectivity index (χ2n) is 7.10. The summed E-state index contributed by atoms with van der Waals surface area (Å²) in [6.07, 6.45) is 0.938. The Morgan fingerprint density at radius 3 is 2.52 bits per heavy atom. The van der Waals surface area contributed by atoms with E-state index in [-0.39, 0.29) is 17.9 Å². The highest BCUT2D eigenvalue weighted by molar-refractivity contribution is 7.12. The predicted molar refractivity (Wildman–Crippen MR) is 116 cm³/mol. The lowest BCUT2D eigenvalue weighted by Crippen LogP contribution is -2.31. The Bertz CT molecular complexity index is 956. The molecular formula is C23H23N3O2S. The number of hydrogen-bond acceptors (Lipinski definition) is 4. The smallest absolute Gasteiger partial charge is 0.261 e. The van der Waals surface area contributed by atoms with Crippen molar-refractivity contribution in [2.24, 2.45) is 0 Å². The molecule has 1 fully saturated rings. The number of likely N-dealkylation sites (tertiary alicyclic amines) is 1. The highest BCUT2D eigenvalue weighted by Gasteiger charge is 2.26. The van der Waals surface area contributed by atoms with Gasteiger partial charge in [-0.1, -0.05) is 36.4 Å². The number of thiophene rings is 1. The molecule has 0 saturated carbocycles. The second-order valence-corrected chi connectivity index (χ2v) is 8.05. The van der Waals surface area contributed by atoms with Gasteiger partial charge in [0, 0.05) is 36.9 Å². The normalized spacial score (nSPS) is 15.9. The van der Waals surface area contributed by atoms with E-state index in [1.807, 2.05) is 70.9 Å². The Labute approximate surface area is 174 Å². The minimum absolute atomic E-state index is 0.0523. The van der Waals surface area contributed by atoms with Crippen LogP contribution in [0.3, 0.4) is 0 Å².